The van der Waals surface area contributed by atoms with E-state index in [1.165, 1.54) is 35.9 Å². The van der Waals surface area contributed by atoms with Crippen LogP contribution < -0.4 is 5.32 Å². The van der Waals surface area contributed by atoms with Gasteiger partial charge in [-0.25, -0.2) is 27.5 Å². The molecule has 6 heterocycles. The lowest BCUT2D eigenvalue weighted by Gasteiger charge is -2.25. The summed E-state index contributed by atoms with van der Waals surface area (Å²) in [5.74, 6) is -1.23. The number of phenols is 1. The molecule has 0 spiro atoms. The van der Waals surface area contributed by atoms with Crippen molar-refractivity contribution in [2.75, 3.05) is 13.1 Å². The molecule has 6 N–H and O–H groups in total. The molecule has 0 bridgehead atoms. The standard InChI is InChI=1S/C29H27F2N5.C21H19F2N5O/c1-3-19-11-17(2)22(30)14-21(19)20-12-23(31)27-25(13-20)34-35-28(27)29-32-24-9-10-36(16-26(24)33-29)15-18-7-5-4-6-8-18;1-2-10-7-18(29)13(22)8-12(10)11-5-14(23)19-16(6-11)27-28-20(19)21-25-15-3-4-24-9-17(15)26-21/h4-8,11-14H,3,9-10,15-16H2,1-2H3,(H,32,33)(H,34,35);5-8,24,29H,2-4,9H2,1H3,(H,25,26)(H,27,28). The summed E-state index contributed by atoms with van der Waals surface area (Å²) in [6.45, 7) is 9.75. The van der Waals surface area contributed by atoms with Crippen LogP contribution in [0.4, 0.5) is 17.6 Å². The van der Waals surface area contributed by atoms with E-state index in [2.05, 4.69) is 69.8 Å². The van der Waals surface area contributed by atoms with E-state index in [1.807, 2.05) is 32.0 Å². The number of benzene rings is 5. The molecule has 11 rings (SSSR count). The Morgan fingerprint density at radius 2 is 1.25 bits per heavy atom. The van der Waals surface area contributed by atoms with Gasteiger partial charge in [0.15, 0.2) is 23.2 Å². The van der Waals surface area contributed by atoms with Crippen LogP contribution in [0.5, 0.6) is 5.75 Å². The van der Waals surface area contributed by atoms with Crippen LogP contribution in [-0.4, -0.2) is 63.4 Å². The van der Waals surface area contributed by atoms with Gasteiger partial charge in [-0.3, -0.25) is 15.1 Å². The van der Waals surface area contributed by atoms with Crippen LogP contribution in [0.1, 0.15) is 58.9 Å². The van der Waals surface area contributed by atoms with Gasteiger partial charge in [-0.05, 0) is 107 Å². The van der Waals surface area contributed by atoms with Crippen molar-refractivity contribution in [2.24, 2.45) is 0 Å². The van der Waals surface area contributed by atoms with E-state index in [4.69, 9.17) is 4.98 Å². The Balaban J connectivity index is 0.000000157. The van der Waals surface area contributed by atoms with Gasteiger partial charge in [-0.1, -0.05) is 50.2 Å². The monoisotopic (exact) mass is 878 g/mol. The number of imidazole rings is 2. The third-order valence-corrected chi connectivity index (χ3v) is 12.5. The molecule has 65 heavy (non-hydrogen) atoms. The van der Waals surface area contributed by atoms with Gasteiger partial charge in [0, 0.05) is 45.6 Å². The Hall–Kier alpha value is -7.10. The number of hydrogen-bond acceptors (Lipinski definition) is 7. The predicted molar refractivity (Wildman–Crippen MR) is 243 cm³/mol. The molecule has 5 aromatic carbocycles. The molecule has 2 aliphatic rings. The Morgan fingerprint density at radius 1 is 0.662 bits per heavy atom. The number of aromatic hydroxyl groups is 1. The summed E-state index contributed by atoms with van der Waals surface area (Å²) >= 11 is 0. The number of aryl methyl sites for hydroxylation is 3. The van der Waals surface area contributed by atoms with Crippen molar-refractivity contribution in [3.8, 4) is 51.0 Å². The Morgan fingerprint density at radius 3 is 1.86 bits per heavy atom. The van der Waals surface area contributed by atoms with E-state index in [1.54, 1.807) is 13.0 Å². The van der Waals surface area contributed by atoms with Gasteiger partial charge < -0.3 is 20.4 Å². The fourth-order valence-corrected chi connectivity index (χ4v) is 9.11. The molecule has 0 atom stereocenters. The van der Waals surface area contributed by atoms with Gasteiger partial charge in [0.2, 0.25) is 0 Å². The zero-order valence-corrected chi connectivity index (χ0v) is 36.1. The number of rotatable bonds is 8. The lowest BCUT2D eigenvalue weighted by atomic mass is 9.95. The first-order valence-corrected chi connectivity index (χ1v) is 21.8. The van der Waals surface area contributed by atoms with Crippen molar-refractivity contribution in [3.63, 3.8) is 0 Å². The number of hydrogen-bond donors (Lipinski definition) is 6. The molecule has 4 aromatic heterocycles. The van der Waals surface area contributed by atoms with Crippen molar-refractivity contribution in [3.05, 3.63) is 147 Å². The first-order valence-electron chi connectivity index (χ1n) is 21.8. The molecule has 0 unspecified atom stereocenters. The second kappa shape index (κ2) is 17.1. The lowest BCUT2D eigenvalue weighted by Crippen LogP contribution is -2.30. The summed E-state index contributed by atoms with van der Waals surface area (Å²) in [4.78, 5) is 18.4. The number of nitrogens with one attached hydrogen (secondary N) is 5. The van der Waals surface area contributed by atoms with E-state index in [0.29, 0.717) is 85.6 Å². The van der Waals surface area contributed by atoms with Gasteiger partial charge >= 0.3 is 0 Å². The molecule has 330 valence electrons. The summed E-state index contributed by atoms with van der Waals surface area (Å²) in [5.41, 5.74) is 11.9. The van der Waals surface area contributed by atoms with Crippen molar-refractivity contribution in [1.82, 2.24) is 50.5 Å². The SMILES string of the molecule is CCc1cc(C)c(F)cc1-c1cc(F)c2c(-c3nc4c([nH]3)CN(Cc3ccccc3)CC4)n[nH]c2c1.CCc1cc(O)c(F)cc1-c1cc(F)c2c(-c3nc4c([nH]3)CNCC4)n[nH]c2c1. The first kappa shape index (κ1) is 41.9. The third kappa shape index (κ3) is 7.95. The lowest BCUT2D eigenvalue weighted by molar-refractivity contribution is 0.241. The average molecular weight is 879 g/mol. The molecule has 15 heteroatoms. The highest BCUT2D eigenvalue weighted by atomic mass is 19.1. The zero-order chi connectivity index (χ0) is 44.9. The molecule has 9 aromatic rings. The maximum absolute atomic E-state index is 15.5. The summed E-state index contributed by atoms with van der Waals surface area (Å²) in [7, 11) is 0. The van der Waals surface area contributed by atoms with Crippen LogP contribution in [0.15, 0.2) is 78.9 Å². The third-order valence-electron chi connectivity index (χ3n) is 12.5. The predicted octanol–water partition coefficient (Wildman–Crippen LogP) is 10.1. The van der Waals surface area contributed by atoms with E-state index in [-0.39, 0.29) is 5.82 Å². The van der Waals surface area contributed by atoms with Crippen molar-refractivity contribution >= 4 is 21.8 Å². The van der Waals surface area contributed by atoms with E-state index >= 15 is 8.78 Å². The topological polar surface area (TPSA) is 150 Å². The first-order chi connectivity index (χ1) is 31.5. The summed E-state index contributed by atoms with van der Waals surface area (Å²) < 4.78 is 59.0. The second-order valence-electron chi connectivity index (χ2n) is 16.7. The van der Waals surface area contributed by atoms with Crippen molar-refractivity contribution in [1.29, 1.82) is 0 Å². The number of nitrogens with zero attached hydrogens (tertiary/aromatic N) is 5. The molecule has 0 aliphatic carbocycles. The largest absolute Gasteiger partial charge is 0.505 e. The normalized spacial score (nSPS) is 13.8. The highest BCUT2D eigenvalue weighted by molar-refractivity contribution is 5.96. The van der Waals surface area contributed by atoms with Crippen LogP contribution in [0.25, 0.3) is 67.1 Å². The fourth-order valence-electron chi connectivity index (χ4n) is 9.11. The van der Waals surface area contributed by atoms with Crippen molar-refractivity contribution < 1.29 is 22.7 Å². The van der Waals surface area contributed by atoms with Crippen LogP contribution in [0.2, 0.25) is 0 Å². The molecular formula is C50H46F4N10O. The van der Waals surface area contributed by atoms with Crippen LogP contribution in [-0.2, 0) is 45.3 Å². The number of aromatic nitrogens is 8. The average Bonchev–Trinajstić information content (AvgIpc) is 4.13. The number of phenolic OH excluding ortho intramolecular Hbond substituents is 1. The number of halogens is 4. The maximum atomic E-state index is 15.5. The van der Waals surface area contributed by atoms with Crippen LogP contribution in [0.3, 0.4) is 0 Å². The van der Waals surface area contributed by atoms with E-state index in [0.717, 1.165) is 79.3 Å². The molecule has 0 amide bonds. The summed E-state index contributed by atoms with van der Waals surface area (Å²) in [5, 5.41) is 28.2. The minimum absolute atomic E-state index is 0.296. The number of H-pyrrole nitrogens is 4. The van der Waals surface area contributed by atoms with Gasteiger partial charge in [0.05, 0.1) is 44.6 Å². The maximum Gasteiger partial charge on any atom is 0.165 e. The van der Waals surface area contributed by atoms with Crippen LogP contribution >= 0.6 is 0 Å². The molecule has 0 radical (unpaired) electrons. The second-order valence-corrected chi connectivity index (χ2v) is 16.7. The zero-order valence-electron chi connectivity index (χ0n) is 36.1. The minimum atomic E-state index is -0.738. The Kier molecular flexibility index (Phi) is 11.0. The molecular weight excluding hydrogens is 833 g/mol. The van der Waals surface area contributed by atoms with E-state index in [9.17, 15) is 13.9 Å². The van der Waals surface area contributed by atoms with Gasteiger partial charge in [-0.2, -0.15) is 10.2 Å². The highest BCUT2D eigenvalue weighted by Crippen LogP contribution is 2.37. The molecule has 0 saturated carbocycles. The minimum Gasteiger partial charge on any atom is -0.505 e. The molecule has 0 fully saturated rings. The Labute approximate surface area is 371 Å². The highest BCUT2D eigenvalue weighted by Gasteiger charge is 2.25. The Bertz CT molecular complexity index is 3220. The summed E-state index contributed by atoms with van der Waals surface area (Å²) in [6.07, 6.45) is 2.94. The number of aromatic amines is 4. The molecule has 11 nitrogen and oxygen atoms in total. The smallest absolute Gasteiger partial charge is 0.165 e. The number of fused-ring (bicyclic) bond motifs is 4. The fraction of sp³-hybridized carbons (Fsp3) is 0.240. The molecule has 0 saturated heterocycles. The quantitative estimate of drug-likeness (QED) is 0.0832. The van der Waals surface area contributed by atoms with E-state index < -0.39 is 23.2 Å². The van der Waals surface area contributed by atoms with Crippen LogP contribution in [0, 0.1) is 30.2 Å². The van der Waals surface area contributed by atoms with Gasteiger partial charge in [-0.15, -0.1) is 0 Å². The van der Waals surface area contributed by atoms with Crippen molar-refractivity contribution in [2.45, 2.75) is 66.1 Å². The van der Waals surface area contributed by atoms with Gasteiger partial charge in [0.1, 0.15) is 28.8 Å². The summed E-state index contributed by atoms with van der Waals surface area (Å²) in [6, 6.07) is 22.8. The van der Waals surface area contributed by atoms with Gasteiger partial charge in [0.25, 0.3) is 0 Å². The molecule has 2 aliphatic heterocycles.